The van der Waals surface area contributed by atoms with Gasteiger partial charge in [0.15, 0.2) is 11.6 Å². The summed E-state index contributed by atoms with van der Waals surface area (Å²) in [5.41, 5.74) is 0.793. The van der Waals surface area contributed by atoms with Gasteiger partial charge in [-0.05, 0) is 29.8 Å². The zero-order valence-electron chi connectivity index (χ0n) is 11.8. The van der Waals surface area contributed by atoms with Crippen LogP contribution in [-0.4, -0.2) is 21.9 Å². The lowest BCUT2D eigenvalue weighted by Crippen LogP contribution is -2.10. The van der Waals surface area contributed by atoms with E-state index in [9.17, 15) is 13.9 Å². The van der Waals surface area contributed by atoms with Crippen LogP contribution in [0.3, 0.4) is 0 Å². The molecule has 0 aliphatic carbocycles. The van der Waals surface area contributed by atoms with Crippen LogP contribution >= 0.6 is 0 Å². The van der Waals surface area contributed by atoms with Gasteiger partial charge < -0.3 is 14.3 Å². The molecule has 0 bridgehead atoms. The fourth-order valence-corrected chi connectivity index (χ4v) is 2.04. The number of hydrogen-bond donors (Lipinski definition) is 1. The first-order valence-corrected chi connectivity index (χ1v) is 6.76. The Morgan fingerprint density at radius 3 is 2.70 bits per heavy atom. The molecule has 1 aromatic heterocycles. The Balaban J connectivity index is 1.74. The largest absolute Gasteiger partial charge is 0.490 e. The van der Waals surface area contributed by atoms with E-state index in [0.29, 0.717) is 11.3 Å². The van der Waals surface area contributed by atoms with Crippen molar-refractivity contribution in [1.29, 1.82) is 0 Å². The molecule has 1 heterocycles. The van der Waals surface area contributed by atoms with E-state index >= 15 is 0 Å². The van der Waals surface area contributed by atoms with Crippen molar-refractivity contribution in [2.45, 2.75) is 6.10 Å². The molecular weight excluding hydrogens is 306 g/mol. The van der Waals surface area contributed by atoms with Crippen LogP contribution in [-0.2, 0) is 0 Å². The van der Waals surface area contributed by atoms with E-state index in [1.165, 1.54) is 12.5 Å². The summed E-state index contributed by atoms with van der Waals surface area (Å²) in [5.74, 6) is -1.28. The molecule has 0 fully saturated rings. The summed E-state index contributed by atoms with van der Waals surface area (Å²) in [5, 5.41) is 17.5. The molecule has 7 heteroatoms. The van der Waals surface area contributed by atoms with E-state index in [2.05, 4.69) is 10.2 Å². The van der Waals surface area contributed by atoms with Crippen LogP contribution in [0.25, 0.3) is 11.5 Å². The van der Waals surface area contributed by atoms with Crippen molar-refractivity contribution in [1.82, 2.24) is 10.2 Å². The third-order valence-corrected chi connectivity index (χ3v) is 3.20. The maximum absolute atomic E-state index is 13.2. The number of aromatic nitrogens is 2. The van der Waals surface area contributed by atoms with E-state index < -0.39 is 17.7 Å². The van der Waals surface area contributed by atoms with E-state index in [-0.39, 0.29) is 18.1 Å². The number of hydrogen-bond acceptors (Lipinski definition) is 5. The summed E-state index contributed by atoms with van der Waals surface area (Å²) in [6.45, 7) is -0.143. The van der Waals surface area contributed by atoms with Gasteiger partial charge in [0.25, 0.3) is 5.89 Å². The molecule has 3 rings (SSSR count). The minimum Gasteiger partial charge on any atom is -0.490 e. The molecule has 0 aliphatic rings. The maximum Gasteiger partial charge on any atom is 0.251 e. The molecule has 0 saturated carbocycles. The molecule has 1 unspecified atom stereocenters. The van der Waals surface area contributed by atoms with Gasteiger partial charge >= 0.3 is 0 Å². The highest BCUT2D eigenvalue weighted by Crippen LogP contribution is 2.29. The molecule has 0 spiro atoms. The fraction of sp³-hybridized carbons (Fsp3) is 0.125. The fourth-order valence-electron chi connectivity index (χ4n) is 2.04. The van der Waals surface area contributed by atoms with Gasteiger partial charge in [0.2, 0.25) is 6.39 Å². The average Bonchev–Trinajstić information content (AvgIpc) is 3.10. The van der Waals surface area contributed by atoms with Gasteiger partial charge in [-0.25, -0.2) is 8.78 Å². The molecular formula is C16H12F2N2O3. The van der Waals surface area contributed by atoms with Gasteiger partial charge in [0, 0.05) is 0 Å². The van der Waals surface area contributed by atoms with Crippen molar-refractivity contribution in [2.24, 2.45) is 0 Å². The molecule has 0 saturated heterocycles. The molecule has 1 atom stereocenters. The zero-order valence-corrected chi connectivity index (χ0v) is 11.8. The topological polar surface area (TPSA) is 68.4 Å². The number of benzene rings is 2. The van der Waals surface area contributed by atoms with Crippen LogP contribution in [0, 0.1) is 11.6 Å². The zero-order chi connectivity index (χ0) is 16.2. The number of nitrogens with zero attached hydrogens (tertiary/aromatic N) is 2. The lowest BCUT2D eigenvalue weighted by Gasteiger charge is -2.14. The third kappa shape index (κ3) is 3.35. The molecule has 3 aromatic rings. The SMILES string of the molecule is OC(COc1ccccc1-c1nnco1)c1ccc(F)c(F)c1. The van der Waals surface area contributed by atoms with Gasteiger partial charge in [0.05, 0.1) is 5.56 Å². The molecule has 2 aromatic carbocycles. The Morgan fingerprint density at radius 2 is 1.96 bits per heavy atom. The highest BCUT2D eigenvalue weighted by Gasteiger charge is 2.15. The lowest BCUT2D eigenvalue weighted by atomic mass is 10.1. The third-order valence-electron chi connectivity index (χ3n) is 3.20. The summed E-state index contributed by atoms with van der Waals surface area (Å²) in [6.07, 6.45) is 0.0863. The van der Waals surface area contributed by atoms with Gasteiger partial charge in [0.1, 0.15) is 18.5 Å². The van der Waals surface area contributed by atoms with Crippen molar-refractivity contribution >= 4 is 0 Å². The van der Waals surface area contributed by atoms with Crippen molar-refractivity contribution in [3.8, 4) is 17.2 Å². The summed E-state index contributed by atoms with van der Waals surface area (Å²) >= 11 is 0. The second kappa shape index (κ2) is 6.53. The Bertz CT molecular complexity index is 794. The summed E-state index contributed by atoms with van der Waals surface area (Å²) < 4.78 is 36.8. The summed E-state index contributed by atoms with van der Waals surface area (Å²) in [4.78, 5) is 0. The number of ether oxygens (including phenoxy) is 1. The molecule has 5 nitrogen and oxygen atoms in total. The van der Waals surface area contributed by atoms with Gasteiger partial charge in [-0.2, -0.15) is 0 Å². The smallest absolute Gasteiger partial charge is 0.251 e. The number of aliphatic hydroxyl groups excluding tert-OH is 1. The van der Waals surface area contributed by atoms with Crippen LogP contribution in [0.2, 0.25) is 0 Å². The Labute approximate surface area is 130 Å². The predicted octanol–water partition coefficient (Wildman–Crippen LogP) is 3.13. The minimum atomic E-state index is -1.11. The van der Waals surface area contributed by atoms with E-state index in [1.54, 1.807) is 24.3 Å². The Kier molecular flexibility index (Phi) is 4.29. The Morgan fingerprint density at radius 1 is 1.13 bits per heavy atom. The van der Waals surface area contributed by atoms with Crippen molar-refractivity contribution in [3.63, 3.8) is 0 Å². The summed E-state index contributed by atoms with van der Waals surface area (Å²) in [7, 11) is 0. The van der Waals surface area contributed by atoms with Crippen LogP contribution in [0.4, 0.5) is 8.78 Å². The highest BCUT2D eigenvalue weighted by atomic mass is 19.2. The molecule has 0 radical (unpaired) electrons. The quantitative estimate of drug-likeness (QED) is 0.783. The van der Waals surface area contributed by atoms with Crippen LogP contribution < -0.4 is 4.74 Å². The van der Waals surface area contributed by atoms with E-state index in [1.807, 2.05) is 0 Å². The molecule has 0 amide bonds. The molecule has 1 N–H and O–H groups in total. The summed E-state index contributed by atoms with van der Waals surface area (Å²) in [6, 6.07) is 10.1. The van der Waals surface area contributed by atoms with Crippen molar-refractivity contribution < 1.29 is 23.0 Å². The van der Waals surface area contributed by atoms with Crippen molar-refractivity contribution in [2.75, 3.05) is 6.61 Å². The first-order valence-electron chi connectivity index (χ1n) is 6.76. The Hall–Kier alpha value is -2.80. The average molecular weight is 318 g/mol. The van der Waals surface area contributed by atoms with E-state index in [0.717, 1.165) is 12.1 Å². The van der Waals surface area contributed by atoms with Gasteiger partial charge in [-0.1, -0.05) is 18.2 Å². The standard InChI is InChI=1S/C16H12F2N2O3/c17-12-6-5-10(7-13(12)18)14(21)8-22-15-4-2-1-3-11(15)16-20-19-9-23-16/h1-7,9,14,21H,8H2. The first-order chi connectivity index (χ1) is 11.1. The number of para-hydroxylation sites is 1. The highest BCUT2D eigenvalue weighted by molar-refractivity contribution is 5.62. The van der Waals surface area contributed by atoms with Gasteiger partial charge in [-0.3, -0.25) is 0 Å². The number of rotatable bonds is 5. The lowest BCUT2D eigenvalue weighted by molar-refractivity contribution is 0.108. The molecule has 118 valence electrons. The van der Waals surface area contributed by atoms with E-state index in [4.69, 9.17) is 9.15 Å². The monoisotopic (exact) mass is 318 g/mol. The van der Waals surface area contributed by atoms with Crippen LogP contribution in [0.1, 0.15) is 11.7 Å². The molecule has 23 heavy (non-hydrogen) atoms. The maximum atomic E-state index is 13.2. The normalized spacial score (nSPS) is 12.1. The first kappa shape index (κ1) is 15.1. The van der Waals surface area contributed by atoms with Crippen molar-refractivity contribution in [3.05, 3.63) is 66.1 Å². The van der Waals surface area contributed by atoms with Crippen LogP contribution in [0.5, 0.6) is 5.75 Å². The number of aliphatic hydroxyl groups is 1. The van der Waals surface area contributed by atoms with Crippen LogP contribution in [0.15, 0.2) is 53.3 Å². The number of halogens is 2. The minimum absolute atomic E-state index is 0.143. The second-order valence-corrected chi connectivity index (χ2v) is 4.74. The van der Waals surface area contributed by atoms with Gasteiger partial charge in [-0.15, -0.1) is 10.2 Å². The molecule has 0 aliphatic heterocycles. The predicted molar refractivity (Wildman–Crippen MR) is 76.5 cm³/mol. The second-order valence-electron chi connectivity index (χ2n) is 4.74.